The van der Waals surface area contributed by atoms with Gasteiger partial charge >= 0.3 is 6.03 Å². The Hall–Kier alpha value is -1.91. The third kappa shape index (κ3) is 3.53. The molecule has 0 bridgehead atoms. The van der Waals surface area contributed by atoms with E-state index in [-0.39, 0.29) is 6.03 Å². The van der Waals surface area contributed by atoms with Crippen LogP contribution in [0.1, 0.15) is 18.4 Å². The molecular weight excluding hydrogens is 244 g/mol. The number of nitrogens with zero attached hydrogens (tertiary/aromatic N) is 1. The number of urea groups is 1. The Morgan fingerprint density at radius 2 is 2.00 bits per heavy atom. The van der Waals surface area contributed by atoms with Gasteiger partial charge in [0.2, 0.25) is 0 Å². The zero-order valence-electron chi connectivity index (χ0n) is 11.6. The van der Waals surface area contributed by atoms with E-state index in [2.05, 4.69) is 5.32 Å². The van der Waals surface area contributed by atoms with Crippen molar-refractivity contribution in [1.29, 1.82) is 0 Å². The molecule has 1 aromatic rings. The van der Waals surface area contributed by atoms with Crippen LogP contribution in [0.3, 0.4) is 0 Å². The zero-order valence-corrected chi connectivity index (χ0v) is 11.6. The molecular formula is C14H20N2O3. The summed E-state index contributed by atoms with van der Waals surface area (Å²) in [5.41, 5.74) is 1.01. The first-order chi connectivity index (χ1) is 9.13. The van der Waals surface area contributed by atoms with Crippen LogP contribution in [0.5, 0.6) is 11.5 Å². The maximum Gasteiger partial charge on any atom is 0.317 e. The first-order valence-corrected chi connectivity index (χ1v) is 6.36. The number of hydrogen-bond acceptors (Lipinski definition) is 3. The number of ether oxygens (including phenoxy) is 2. The van der Waals surface area contributed by atoms with Gasteiger partial charge in [0.1, 0.15) is 0 Å². The summed E-state index contributed by atoms with van der Waals surface area (Å²) in [6, 6.07) is 6.01. The highest BCUT2D eigenvalue weighted by atomic mass is 16.5. The van der Waals surface area contributed by atoms with Gasteiger partial charge in [-0.3, -0.25) is 0 Å². The summed E-state index contributed by atoms with van der Waals surface area (Å²) in [7, 11) is 4.99. The molecule has 1 fully saturated rings. The van der Waals surface area contributed by atoms with Crippen LogP contribution in [-0.2, 0) is 6.54 Å². The van der Waals surface area contributed by atoms with Crippen LogP contribution in [0.25, 0.3) is 0 Å². The minimum absolute atomic E-state index is 0.0303. The summed E-state index contributed by atoms with van der Waals surface area (Å²) in [6.45, 7) is 0.541. The number of carbonyl (C=O) groups is 1. The Bertz CT molecular complexity index is 458. The molecule has 0 atom stereocenters. The van der Waals surface area contributed by atoms with Gasteiger partial charge in [-0.15, -0.1) is 0 Å². The fraction of sp³-hybridized carbons (Fsp3) is 0.500. The van der Waals surface area contributed by atoms with Gasteiger partial charge in [0.05, 0.1) is 14.2 Å². The van der Waals surface area contributed by atoms with Gasteiger partial charge in [-0.2, -0.15) is 0 Å². The summed E-state index contributed by atoms with van der Waals surface area (Å²) >= 11 is 0. The highest BCUT2D eigenvalue weighted by Gasteiger charge is 2.24. The molecule has 0 radical (unpaired) electrons. The van der Waals surface area contributed by atoms with Crippen LogP contribution in [-0.4, -0.2) is 38.2 Å². The van der Waals surface area contributed by atoms with Crippen molar-refractivity contribution >= 4 is 6.03 Å². The lowest BCUT2D eigenvalue weighted by molar-refractivity contribution is 0.206. The molecule has 1 aromatic carbocycles. The number of amides is 2. The SMILES string of the molecule is COc1ccc(CN(C)C(=O)NC2CC2)cc1OC. The summed E-state index contributed by atoms with van der Waals surface area (Å²) in [5.74, 6) is 1.37. The largest absolute Gasteiger partial charge is 0.493 e. The van der Waals surface area contributed by atoms with E-state index in [1.54, 1.807) is 26.2 Å². The first kappa shape index (κ1) is 13.5. The lowest BCUT2D eigenvalue weighted by atomic mass is 10.2. The molecule has 2 rings (SSSR count). The monoisotopic (exact) mass is 264 g/mol. The van der Waals surface area contributed by atoms with Crippen molar-refractivity contribution in [2.24, 2.45) is 0 Å². The van der Waals surface area contributed by atoms with Crippen molar-refractivity contribution in [1.82, 2.24) is 10.2 Å². The lowest BCUT2D eigenvalue weighted by Crippen LogP contribution is -2.37. The predicted molar refractivity (Wildman–Crippen MR) is 72.6 cm³/mol. The van der Waals surface area contributed by atoms with Crippen molar-refractivity contribution in [2.45, 2.75) is 25.4 Å². The standard InChI is InChI=1S/C14H20N2O3/c1-16(14(17)15-11-5-6-11)9-10-4-7-12(18-2)13(8-10)19-3/h4,7-8,11H,5-6,9H2,1-3H3,(H,15,17). The molecule has 0 unspecified atom stereocenters. The average Bonchev–Trinajstić information content (AvgIpc) is 3.22. The van der Waals surface area contributed by atoms with Gasteiger partial charge in [0, 0.05) is 19.6 Å². The number of benzene rings is 1. The molecule has 1 aliphatic rings. The van der Waals surface area contributed by atoms with E-state index < -0.39 is 0 Å². The normalized spacial score (nSPS) is 13.8. The Labute approximate surface area is 113 Å². The molecule has 0 saturated heterocycles. The van der Waals surface area contributed by atoms with E-state index in [4.69, 9.17) is 9.47 Å². The Morgan fingerprint density at radius 1 is 1.32 bits per heavy atom. The Kier molecular flexibility index (Phi) is 4.14. The van der Waals surface area contributed by atoms with Crippen molar-refractivity contribution < 1.29 is 14.3 Å². The minimum atomic E-state index is -0.0303. The number of hydrogen-bond donors (Lipinski definition) is 1. The quantitative estimate of drug-likeness (QED) is 0.885. The van der Waals surface area contributed by atoms with E-state index in [0.29, 0.717) is 24.1 Å². The third-order valence-corrected chi connectivity index (χ3v) is 3.12. The average molecular weight is 264 g/mol. The summed E-state index contributed by atoms with van der Waals surface area (Å²) in [6.07, 6.45) is 2.19. The number of nitrogens with one attached hydrogen (secondary N) is 1. The fourth-order valence-electron chi connectivity index (χ4n) is 1.84. The van der Waals surface area contributed by atoms with Crippen molar-refractivity contribution in [2.75, 3.05) is 21.3 Å². The fourth-order valence-corrected chi connectivity index (χ4v) is 1.84. The second-order valence-electron chi connectivity index (χ2n) is 4.77. The maximum absolute atomic E-state index is 11.8. The van der Waals surface area contributed by atoms with Gasteiger partial charge < -0.3 is 19.7 Å². The predicted octanol–water partition coefficient (Wildman–Crippen LogP) is 2.01. The Balaban J connectivity index is 1.99. The van der Waals surface area contributed by atoms with Gasteiger partial charge in [-0.25, -0.2) is 4.79 Å². The highest BCUT2D eigenvalue weighted by Crippen LogP contribution is 2.28. The second kappa shape index (κ2) is 5.82. The lowest BCUT2D eigenvalue weighted by Gasteiger charge is -2.18. The van der Waals surface area contributed by atoms with Crippen LogP contribution >= 0.6 is 0 Å². The molecule has 5 nitrogen and oxygen atoms in total. The van der Waals surface area contributed by atoms with Crippen LogP contribution in [0, 0.1) is 0 Å². The molecule has 1 aliphatic carbocycles. The van der Waals surface area contributed by atoms with E-state index >= 15 is 0 Å². The maximum atomic E-state index is 11.8. The topological polar surface area (TPSA) is 50.8 Å². The first-order valence-electron chi connectivity index (χ1n) is 6.36. The van der Waals surface area contributed by atoms with Gasteiger partial charge in [0.15, 0.2) is 11.5 Å². The summed E-state index contributed by atoms with van der Waals surface area (Å²) in [4.78, 5) is 13.5. The van der Waals surface area contributed by atoms with Crippen molar-refractivity contribution in [3.63, 3.8) is 0 Å². The summed E-state index contributed by atoms with van der Waals surface area (Å²) < 4.78 is 10.4. The van der Waals surface area contributed by atoms with Gasteiger partial charge in [0.25, 0.3) is 0 Å². The van der Waals surface area contributed by atoms with Crippen LogP contribution < -0.4 is 14.8 Å². The number of rotatable bonds is 5. The van der Waals surface area contributed by atoms with Crippen LogP contribution in [0.2, 0.25) is 0 Å². The molecule has 19 heavy (non-hydrogen) atoms. The number of methoxy groups -OCH3 is 2. The molecule has 1 saturated carbocycles. The van der Waals surface area contributed by atoms with E-state index in [1.165, 1.54) is 0 Å². The van der Waals surface area contributed by atoms with Crippen LogP contribution in [0.4, 0.5) is 4.79 Å². The van der Waals surface area contributed by atoms with Gasteiger partial charge in [-0.1, -0.05) is 6.07 Å². The molecule has 104 valence electrons. The molecule has 0 aliphatic heterocycles. The molecule has 2 amide bonds. The third-order valence-electron chi connectivity index (χ3n) is 3.12. The van der Waals surface area contributed by atoms with E-state index in [9.17, 15) is 4.79 Å². The molecule has 0 heterocycles. The molecule has 0 spiro atoms. The van der Waals surface area contributed by atoms with E-state index in [1.807, 2.05) is 18.2 Å². The molecule has 1 N–H and O–H groups in total. The molecule has 0 aromatic heterocycles. The zero-order chi connectivity index (χ0) is 13.8. The smallest absolute Gasteiger partial charge is 0.317 e. The van der Waals surface area contributed by atoms with Crippen LogP contribution in [0.15, 0.2) is 18.2 Å². The van der Waals surface area contributed by atoms with Crippen molar-refractivity contribution in [3.05, 3.63) is 23.8 Å². The van der Waals surface area contributed by atoms with Gasteiger partial charge in [-0.05, 0) is 30.5 Å². The summed E-state index contributed by atoms with van der Waals surface area (Å²) in [5, 5.41) is 2.96. The Morgan fingerprint density at radius 3 is 2.58 bits per heavy atom. The van der Waals surface area contributed by atoms with E-state index in [0.717, 1.165) is 18.4 Å². The second-order valence-corrected chi connectivity index (χ2v) is 4.77. The minimum Gasteiger partial charge on any atom is -0.493 e. The molecule has 5 heteroatoms. The highest BCUT2D eigenvalue weighted by molar-refractivity contribution is 5.74. The van der Waals surface area contributed by atoms with Crippen molar-refractivity contribution in [3.8, 4) is 11.5 Å². The number of carbonyl (C=O) groups excluding carboxylic acids is 1.